The van der Waals surface area contributed by atoms with Gasteiger partial charge in [0.15, 0.2) is 11.5 Å². The molecule has 0 unspecified atom stereocenters. The van der Waals surface area contributed by atoms with Gasteiger partial charge in [-0.1, -0.05) is 19.9 Å². The minimum Gasteiger partial charge on any atom is -0.504 e. The molecule has 0 fully saturated rings. The molecule has 0 radical (unpaired) electrons. The van der Waals surface area contributed by atoms with Crippen LogP contribution in [0.15, 0.2) is 24.3 Å². The molecule has 13 nitrogen and oxygen atoms in total. The molecule has 0 aliphatic carbocycles. The Hall–Kier alpha value is -4.13. The van der Waals surface area contributed by atoms with Crippen molar-refractivity contribution in [3.63, 3.8) is 0 Å². The Kier molecular flexibility index (Phi) is 13.8. The summed E-state index contributed by atoms with van der Waals surface area (Å²) in [5.41, 5.74) is -0.119. The molecular weight excluding hydrogens is 536 g/mol. The molecule has 0 aliphatic heterocycles. The Morgan fingerprint density at radius 3 is 2.29 bits per heavy atom. The second-order valence-corrected chi connectivity index (χ2v) is 10.5. The number of ether oxygens (including phenoxy) is 2. The second-order valence-electron chi connectivity index (χ2n) is 10.5. The third-order valence-corrected chi connectivity index (χ3v) is 5.58. The minimum absolute atomic E-state index is 0.0426. The zero-order chi connectivity index (χ0) is 31.3. The third kappa shape index (κ3) is 12.7. The van der Waals surface area contributed by atoms with E-state index >= 15 is 0 Å². The van der Waals surface area contributed by atoms with Crippen LogP contribution in [0.25, 0.3) is 6.08 Å². The van der Waals surface area contributed by atoms with Crippen LogP contribution in [0.1, 0.15) is 53.0 Å². The standard InChI is InChI=1S/C28H42N4O9/c1-17(2)25(26(37)30-19(27(38)32(6)40-8)11-14-24(36)41-28(3,4)5)31-23(35)16-29-22(34)13-10-18-9-12-20(33)21(15-18)39-7/h9-10,12-13,15,17,19,25,33H,11,14,16H2,1-8H3,(H,29,34)(H,30,37)(H,31,35)/b13-10+/t19-,25+/m1/s1. The number of phenolic OH excluding ortho intramolecular Hbond substituents is 1. The number of amides is 4. The molecule has 41 heavy (non-hydrogen) atoms. The summed E-state index contributed by atoms with van der Waals surface area (Å²) in [7, 11) is 4.05. The maximum Gasteiger partial charge on any atom is 0.306 e. The maximum absolute atomic E-state index is 13.1. The first-order valence-corrected chi connectivity index (χ1v) is 13.0. The summed E-state index contributed by atoms with van der Waals surface area (Å²) in [5, 5.41) is 18.2. The smallest absolute Gasteiger partial charge is 0.306 e. The molecule has 0 spiro atoms. The Balaban J connectivity index is 2.81. The van der Waals surface area contributed by atoms with Gasteiger partial charge in [-0.15, -0.1) is 0 Å². The molecule has 13 heteroatoms. The predicted octanol–water partition coefficient (Wildman–Crippen LogP) is 1.30. The van der Waals surface area contributed by atoms with Gasteiger partial charge in [0.1, 0.15) is 17.7 Å². The van der Waals surface area contributed by atoms with E-state index in [0.717, 1.165) is 5.06 Å². The highest BCUT2D eigenvalue weighted by atomic mass is 16.7. The summed E-state index contributed by atoms with van der Waals surface area (Å²) in [6, 6.07) is 2.37. The van der Waals surface area contributed by atoms with Crippen molar-refractivity contribution in [2.75, 3.05) is 27.8 Å². The fraction of sp³-hybridized carbons (Fsp3) is 0.536. The van der Waals surface area contributed by atoms with Gasteiger partial charge in [-0.3, -0.25) is 28.8 Å². The van der Waals surface area contributed by atoms with Crippen molar-refractivity contribution >= 4 is 35.7 Å². The Morgan fingerprint density at radius 1 is 1.07 bits per heavy atom. The lowest BCUT2D eigenvalue weighted by Crippen LogP contribution is -2.56. The molecular formula is C28H42N4O9. The molecule has 4 amide bonds. The van der Waals surface area contributed by atoms with Crippen molar-refractivity contribution in [1.29, 1.82) is 0 Å². The predicted molar refractivity (Wildman–Crippen MR) is 150 cm³/mol. The van der Waals surface area contributed by atoms with Crippen molar-refractivity contribution in [2.24, 2.45) is 5.92 Å². The summed E-state index contributed by atoms with van der Waals surface area (Å²) in [6.07, 6.45) is 2.49. The molecule has 0 aromatic heterocycles. The van der Waals surface area contributed by atoms with Crippen LogP contribution < -0.4 is 20.7 Å². The highest BCUT2D eigenvalue weighted by molar-refractivity contribution is 5.96. The van der Waals surface area contributed by atoms with E-state index in [1.54, 1.807) is 40.7 Å². The Labute approximate surface area is 240 Å². The monoisotopic (exact) mass is 578 g/mol. The number of nitrogens with zero attached hydrogens (tertiary/aromatic N) is 1. The van der Waals surface area contributed by atoms with Gasteiger partial charge in [-0.05, 0) is 56.9 Å². The van der Waals surface area contributed by atoms with Crippen LogP contribution in [0, 0.1) is 5.92 Å². The SMILES string of the molecule is COc1cc(/C=C/C(=O)NCC(=O)N[C@H](C(=O)N[C@H](CCC(=O)OC(C)(C)C)C(=O)N(C)OC)C(C)C)ccc1O. The maximum atomic E-state index is 13.1. The first-order chi connectivity index (χ1) is 19.1. The Morgan fingerprint density at radius 2 is 1.73 bits per heavy atom. The highest BCUT2D eigenvalue weighted by Gasteiger charge is 2.31. The quantitative estimate of drug-likeness (QED) is 0.144. The fourth-order valence-electron chi connectivity index (χ4n) is 3.44. The van der Waals surface area contributed by atoms with E-state index in [0.29, 0.717) is 5.56 Å². The molecule has 228 valence electrons. The van der Waals surface area contributed by atoms with E-state index in [-0.39, 0.29) is 30.3 Å². The molecule has 1 aromatic rings. The lowest BCUT2D eigenvalue weighted by molar-refractivity contribution is -0.172. The van der Waals surface area contributed by atoms with Gasteiger partial charge in [0.05, 0.1) is 20.8 Å². The van der Waals surface area contributed by atoms with Crippen molar-refractivity contribution in [1.82, 2.24) is 21.0 Å². The summed E-state index contributed by atoms with van der Waals surface area (Å²) >= 11 is 0. The van der Waals surface area contributed by atoms with Gasteiger partial charge in [-0.25, -0.2) is 5.06 Å². The Bertz CT molecular complexity index is 1110. The molecule has 0 saturated heterocycles. The number of hydrogen-bond donors (Lipinski definition) is 4. The lowest BCUT2D eigenvalue weighted by Gasteiger charge is -2.27. The van der Waals surface area contributed by atoms with Crippen LogP contribution in [0.5, 0.6) is 11.5 Å². The van der Waals surface area contributed by atoms with E-state index in [9.17, 15) is 29.1 Å². The number of esters is 1. The topological polar surface area (TPSA) is 173 Å². The van der Waals surface area contributed by atoms with E-state index in [2.05, 4.69) is 16.0 Å². The van der Waals surface area contributed by atoms with Gasteiger partial charge < -0.3 is 30.5 Å². The van der Waals surface area contributed by atoms with Crippen molar-refractivity contribution in [3.05, 3.63) is 29.8 Å². The number of phenols is 1. The largest absolute Gasteiger partial charge is 0.504 e. The molecule has 2 atom stereocenters. The van der Waals surface area contributed by atoms with Crippen LogP contribution in [0.4, 0.5) is 0 Å². The molecule has 0 heterocycles. The van der Waals surface area contributed by atoms with Crippen LogP contribution in [-0.2, 0) is 33.5 Å². The number of rotatable bonds is 14. The number of methoxy groups -OCH3 is 1. The normalized spacial score (nSPS) is 12.8. The van der Waals surface area contributed by atoms with Crippen molar-refractivity contribution in [3.8, 4) is 11.5 Å². The van der Waals surface area contributed by atoms with Crippen LogP contribution >= 0.6 is 0 Å². The zero-order valence-corrected chi connectivity index (χ0v) is 24.9. The molecule has 1 aromatic carbocycles. The average Bonchev–Trinajstić information content (AvgIpc) is 2.90. The van der Waals surface area contributed by atoms with Crippen LogP contribution in [0.2, 0.25) is 0 Å². The first kappa shape index (κ1) is 34.9. The molecule has 1 rings (SSSR count). The minimum atomic E-state index is -1.12. The lowest BCUT2D eigenvalue weighted by atomic mass is 10.0. The summed E-state index contributed by atoms with van der Waals surface area (Å²) < 4.78 is 10.3. The number of nitrogens with one attached hydrogen (secondary N) is 3. The third-order valence-electron chi connectivity index (χ3n) is 5.58. The second kappa shape index (κ2) is 16.2. The average molecular weight is 579 g/mol. The number of benzene rings is 1. The van der Waals surface area contributed by atoms with Crippen LogP contribution in [0.3, 0.4) is 0 Å². The molecule has 0 saturated carbocycles. The van der Waals surface area contributed by atoms with E-state index in [1.165, 1.54) is 45.6 Å². The number of aromatic hydroxyl groups is 1. The number of carbonyl (C=O) groups excluding carboxylic acids is 5. The van der Waals surface area contributed by atoms with Crippen molar-refractivity contribution < 1.29 is 43.4 Å². The molecule has 0 bridgehead atoms. The first-order valence-electron chi connectivity index (χ1n) is 13.0. The van der Waals surface area contributed by atoms with Gasteiger partial charge in [0.2, 0.25) is 17.7 Å². The fourth-order valence-corrected chi connectivity index (χ4v) is 3.44. The van der Waals surface area contributed by atoms with Crippen molar-refractivity contribution in [2.45, 2.75) is 65.1 Å². The van der Waals surface area contributed by atoms with E-state index in [4.69, 9.17) is 14.3 Å². The zero-order valence-electron chi connectivity index (χ0n) is 24.9. The summed E-state index contributed by atoms with van der Waals surface area (Å²) in [5.74, 6) is -3.14. The summed E-state index contributed by atoms with van der Waals surface area (Å²) in [4.78, 5) is 67.8. The number of hydroxylamine groups is 2. The van der Waals surface area contributed by atoms with E-state index in [1.807, 2.05) is 0 Å². The summed E-state index contributed by atoms with van der Waals surface area (Å²) in [6.45, 7) is 8.15. The highest BCUT2D eigenvalue weighted by Crippen LogP contribution is 2.26. The number of hydrogen-bond acceptors (Lipinski definition) is 9. The van der Waals surface area contributed by atoms with Crippen LogP contribution in [-0.4, -0.2) is 85.3 Å². The van der Waals surface area contributed by atoms with Gasteiger partial charge in [0.25, 0.3) is 5.91 Å². The van der Waals surface area contributed by atoms with Gasteiger partial charge in [0, 0.05) is 19.5 Å². The number of carbonyl (C=O) groups is 5. The molecule has 0 aliphatic rings. The van der Waals surface area contributed by atoms with E-state index < -0.39 is 53.8 Å². The van der Waals surface area contributed by atoms with Gasteiger partial charge >= 0.3 is 5.97 Å². The van der Waals surface area contributed by atoms with Gasteiger partial charge in [-0.2, -0.15) is 0 Å². The number of likely N-dealkylation sites (N-methyl/N-ethyl adjacent to an activating group) is 1. The molecule has 4 N–H and O–H groups in total.